The zero-order valence-electron chi connectivity index (χ0n) is 17.1. The van der Waals surface area contributed by atoms with Crippen LogP contribution in [0.4, 0.5) is 11.4 Å². The summed E-state index contributed by atoms with van der Waals surface area (Å²) in [6.07, 6.45) is 0. The molecule has 1 N–H and O–H groups in total. The standard InChI is InChI=1S/C25H26N2O2/c1-4-27(5-2)21-14-12-20(13-15-21)25(29)26-23-16-11-18(3)17-22(23)24(28)19-9-7-6-8-10-19/h6-17H,4-5H2,1-3H3,(H,26,29). The molecule has 0 aromatic heterocycles. The largest absolute Gasteiger partial charge is 0.372 e. The molecule has 0 heterocycles. The molecular weight excluding hydrogens is 360 g/mol. The third-order valence-corrected chi connectivity index (χ3v) is 4.96. The van der Waals surface area contributed by atoms with E-state index in [1.54, 1.807) is 18.2 Å². The maximum absolute atomic E-state index is 13.0. The highest BCUT2D eigenvalue weighted by atomic mass is 16.1. The van der Waals surface area contributed by atoms with Crippen molar-refractivity contribution < 1.29 is 9.59 Å². The number of amides is 1. The Morgan fingerprint density at radius 2 is 1.48 bits per heavy atom. The van der Waals surface area contributed by atoms with Gasteiger partial charge in [0.15, 0.2) is 5.78 Å². The van der Waals surface area contributed by atoms with E-state index in [4.69, 9.17) is 0 Å². The van der Waals surface area contributed by atoms with Crippen LogP contribution in [0, 0.1) is 6.92 Å². The minimum absolute atomic E-state index is 0.110. The normalized spacial score (nSPS) is 10.4. The van der Waals surface area contributed by atoms with Gasteiger partial charge in [0.25, 0.3) is 5.91 Å². The highest BCUT2D eigenvalue weighted by Crippen LogP contribution is 2.23. The fourth-order valence-electron chi connectivity index (χ4n) is 3.31. The fraction of sp³-hybridized carbons (Fsp3) is 0.200. The van der Waals surface area contributed by atoms with E-state index in [-0.39, 0.29) is 11.7 Å². The Morgan fingerprint density at radius 1 is 0.828 bits per heavy atom. The quantitative estimate of drug-likeness (QED) is 0.559. The van der Waals surface area contributed by atoms with Crippen molar-refractivity contribution in [3.05, 3.63) is 95.1 Å². The first kappa shape index (κ1) is 20.3. The molecule has 29 heavy (non-hydrogen) atoms. The number of nitrogens with zero attached hydrogens (tertiary/aromatic N) is 1. The smallest absolute Gasteiger partial charge is 0.255 e. The van der Waals surface area contributed by atoms with E-state index in [0.717, 1.165) is 24.3 Å². The van der Waals surface area contributed by atoms with Crippen LogP contribution < -0.4 is 10.2 Å². The van der Waals surface area contributed by atoms with E-state index in [0.29, 0.717) is 22.4 Å². The maximum Gasteiger partial charge on any atom is 0.255 e. The first-order chi connectivity index (χ1) is 14.0. The molecule has 1 amide bonds. The molecule has 0 fully saturated rings. The molecule has 3 rings (SSSR count). The molecule has 4 nitrogen and oxygen atoms in total. The summed E-state index contributed by atoms with van der Waals surface area (Å²) >= 11 is 0. The molecule has 0 aliphatic rings. The average molecular weight is 386 g/mol. The van der Waals surface area contributed by atoms with Crippen molar-refractivity contribution in [2.75, 3.05) is 23.3 Å². The van der Waals surface area contributed by atoms with Crippen LogP contribution in [0.2, 0.25) is 0 Å². The lowest BCUT2D eigenvalue weighted by Gasteiger charge is -2.21. The minimum atomic E-state index is -0.234. The summed E-state index contributed by atoms with van der Waals surface area (Å²) in [6.45, 7) is 7.96. The number of benzene rings is 3. The second-order valence-electron chi connectivity index (χ2n) is 6.92. The van der Waals surface area contributed by atoms with Crippen molar-refractivity contribution >= 4 is 23.1 Å². The number of nitrogens with one attached hydrogen (secondary N) is 1. The molecule has 0 bridgehead atoms. The van der Waals surface area contributed by atoms with Crippen molar-refractivity contribution in [2.24, 2.45) is 0 Å². The number of hydrogen-bond acceptors (Lipinski definition) is 3. The van der Waals surface area contributed by atoms with Gasteiger partial charge in [0.2, 0.25) is 0 Å². The summed E-state index contributed by atoms with van der Waals surface area (Å²) in [7, 11) is 0. The van der Waals surface area contributed by atoms with Crippen molar-refractivity contribution in [3.63, 3.8) is 0 Å². The lowest BCUT2D eigenvalue weighted by atomic mass is 9.99. The van der Waals surface area contributed by atoms with Crippen LogP contribution in [0.3, 0.4) is 0 Å². The fourth-order valence-corrected chi connectivity index (χ4v) is 3.31. The lowest BCUT2D eigenvalue weighted by Crippen LogP contribution is -2.22. The van der Waals surface area contributed by atoms with Gasteiger partial charge in [-0.1, -0.05) is 42.0 Å². The van der Waals surface area contributed by atoms with E-state index in [1.807, 2.05) is 61.5 Å². The first-order valence-electron chi connectivity index (χ1n) is 9.90. The van der Waals surface area contributed by atoms with Gasteiger partial charge in [-0.05, 0) is 57.2 Å². The Balaban J connectivity index is 1.85. The van der Waals surface area contributed by atoms with Crippen LogP contribution >= 0.6 is 0 Å². The molecule has 0 unspecified atom stereocenters. The number of aryl methyl sites for hydroxylation is 1. The molecule has 4 heteroatoms. The molecule has 0 spiro atoms. The van der Waals surface area contributed by atoms with Gasteiger partial charge >= 0.3 is 0 Å². The van der Waals surface area contributed by atoms with Crippen LogP contribution in [0.1, 0.15) is 45.7 Å². The predicted molar refractivity (Wildman–Crippen MR) is 119 cm³/mol. The summed E-state index contributed by atoms with van der Waals surface area (Å²) < 4.78 is 0. The monoisotopic (exact) mass is 386 g/mol. The molecule has 3 aromatic rings. The van der Waals surface area contributed by atoms with Gasteiger partial charge in [-0.15, -0.1) is 0 Å². The Labute approximate surface area is 172 Å². The van der Waals surface area contributed by atoms with Gasteiger partial charge in [-0.25, -0.2) is 0 Å². The molecule has 0 saturated carbocycles. The van der Waals surface area contributed by atoms with Gasteiger partial charge in [0, 0.05) is 35.5 Å². The molecule has 148 valence electrons. The minimum Gasteiger partial charge on any atom is -0.372 e. The molecular formula is C25H26N2O2. The van der Waals surface area contributed by atoms with Crippen LogP contribution in [0.25, 0.3) is 0 Å². The van der Waals surface area contributed by atoms with E-state index in [9.17, 15) is 9.59 Å². The third-order valence-electron chi connectivity index (χ3n) is 4.96. The van der Waals surface area contributed by atoms with E-state index >= 15 is 0 Å². The summed E-state index contributed by atoms with van der Waals surface area (Å²) in [5, 5.41) is 2.91. The summed E-state index contributed by atoms with van der Waals surface area (Å²) in [6, 6.07) is 22.1. The zero-order chi connectivity index (χ0) is 20.8. The number of carbonyl (C=O) groups is 2. The Kier molecular flexibility index (Phi) is 6.45. The van der Waals surface area contributed by atoms with Crippen LogP contribution in [0.5, 0.6) is 0 Å². The average Bonchev–Trinajstić information content (AvgIpc) is 2.76. The Bertz CT molecular complexity index is 991. The molecule has 0 radical (unpaired) electrons. The first-order valence-corrected chi connectivity index (χ1v) is 9.90. The maximum atomic E-state index is 13.0. The van der Waals surface area contributed by atoms with Crippen LogP contribution in [-0.2, 0) is 0 Å². The van der Waals surface area contributed by atoms with Gasteiger partial charge < -0.3 is 10.2 Å². The molecule has 0 aliphatic heterocycles. The summed E-state index contributed by atoms with van der Waals surface area (Å²) in [5.74, 6) is -0.344. The van der Waals surface area contributed by atoms with Crippen LogP contribution in [-0.4, -0.2) is 24.8 Å². The summed E-state index contributed by atoms with van der Waals surface area (Å²) in [5.41, 5.74) is 4.20. The van der Waals surface area contributed by atoms with Gasteiger partial charge in [0.05, 0.1) is 5.69 Å². The number of ketones is 1. The van der Waals surface area contributed by atoms with Gasteiger partial charge in [-0.2, -0.15) is 0 Å². The second-order valence-corrected chi connectivity index (χ2v) is 6.92. The predicted octanol–water partition coefficient (Wildman–Crippen LogP) is 5.32. The van der Waals surface area contributed by atoms with Crippen molar-refractivity contribution in [2.45, 2.75) is 20.8 Å². The van der Waals surface area contributed by atoms with Gasteiger partial charge in [0.1, 0.15) is 0 Å². The van der Waals surface area contributed by atoms with E-state index in [1.165, 1.54) is 0 Å². The highest BCUT2D eigenvalue weighted by molar-refractivity contribution is 6.15. The van der Waals surface area contributed by atoms with E-state index in [2.05, 4.69) is 24.1 Å². The number of anilines is 2. The summed E-state index contributed by atoms with van der Waals surface area (Å²) in [4.78, 5) is 28.0. The lowest BCUT2D eigenvalue weighted by molar-refractivity contribution is 0.102. The van der Waals surface area contributed by atoms with Gasteiger partial charge in [-0.3, -0.25) is 9.59 Å². The second kappa shape index (κ2) is 9.20. The topological polar surface area (TPSA) is 49.4 Å². The number of carbonyl (C=O) groups excluding carboxylic acids is 2. The molecule has 0 aliphatic carbocycles. The third kappa shape index (κ3) is 4.72. The Hall–Kier alpha value is -3.40. The molecule has 0 atom stereocenters. The molecule has 3 aromatic carbocycles. The molecule has 0 saturated heterocycles. The van der Waals surface area contributed by atoms with Crippen LogP contribution in [0.15, 0.2) is 72.8 Å². The van der Waals surface area contributed by atoms with Crippen molar-refractivity contribution in [3.8, 4) is 0 Å². The zero-order valence-corrected chi connectivity index (χ0v) is 17.1. The number of rotatable bonds is 7. The van der Waals surface area contributed by atoms with Crippen molar-refractivity contribution in [1.82, 2.24) is 0 Å². The highest BCUT2D eigenvalue weighted by Gasteiger charge is 2.16. The van der Waals surface area contributed by atoms with E-state index < -0.39 is 0 Å². The number of hydrogen-bond donors (Lipinski definition) is 1. The Morgan fingerprint density at radius 3 is 2.10 bits per heavy atom. The SMILES string of the molecule is CCN(CC)c1ccc(C(=O)Nc2ccc(C)cc2C(=O)c2ccccc2)cc1. The van der Waals surface area contributed by atoms with Crippen molar-refractivity contribution in [1.29, 1.82) is 0 Å².